The Balaban J connectivity index is 1.17. The summed E-state index contributed by atoms with van der Waals surface area (Å²) < 4.78 is 23.5. The number of rotatable bonds is 4. The molecule has 4 saturated carbocycles. The number of nitrogens with zero attached hydrogens (tertiary/aromatic N) is 1. The Labute approximate surface area is 280 Å². The van der Waals surface area contributed by atoms with Crippen molar-refractivity contribution in [2.75, 3.05) is 27.3 Å². The minimum Gasteiger partial charge on any atom is -0.497 e. The van der Waals surface area contributed by atoms with Gasteiger partial charge in [0.15, 0.2) is 6.10 Å². The van der Waals surface area contributed by atoms with E-state index in [1.165, 1.54) is 26.4 Å². The van der Waals surface area contributed by atoms with Crippen molar-refractivity contribution in [2.45, 2.75) is 124 Å². The second-order valence-electron chi connectivity index (χ2n) is 16.8. The summed E-state index contributed by atoms with van der Waals surface area (Å²) in [5, 5.41) is 74.7. The highest BCUT2D eigenvalue weighted by atomic mass is 16.7. The molecule has 4 aliphatic carbocycles. The van der Waals surface area contributed by atoms with E-state index in [2.05, 4.69) is 11.8 Å². The Bertz CT molecular complexity index is 1500. The van der Waals surface area contributed by atoms with Crippen molar-refractivity contribution in [3.8, 4) is 11.5 Å². The average molecular weight is 674 g/mol. The van der Waals surface area contributed by atoms with E-state index in [-0.39, 0.29) is 24.9 Å². The van der Waals surface area contributed by atoms with Crippen molar-refractivity contribution in [3.63, 3.8) is 0 Å². The van der Waals surface area contributed by atoms with Crippen molar-refractivity contribution in [1.29, 1.82) is 0 Å². The molecule has 12 heteroatoms. The number of aliphatic hydroxyl groups excluding tert-OH is 1. The molecule has 8 rings (SSSR count). The topological polar surface area (TPSA) is 179 Å². The van der Waals surface area contributed by atoms with Gasteiger partial charge in [-0.1, -0.05) is 13.8 Å². The number of carbonyl (C=O) groups is 1. The molecule has 3 heterocycles. The first-order chi connectivity index (χ1) is 22.4. The van der Waals surface area contributed by atoms with Gasteiger partial charge in [-0.05, 0) is 63.5 Å². The summed E-state index contributed by atoms with van der Waals surface area (Å²) in [5.74, 6) is -3.66. The molecule has 1 aromatic carbocycles. The Morgan fingerprint density at radius 2 is 1.54 bits per heavy atom. The third kappa shape index (κ3) is 3.71. The zero-order chi connectivity index (χ0) is 34.4. The molecule has 1 spiro atoms. The van der Waals surface area contributed by atoms with Gasteiger partial charge in [0.25, 0.3) is 0 Å². The summed E-state index contributed by atoms with van der Waals surface area (Å²) in [6, 6.07) is 4.31. The van der Waals surface area contributed by atoms with Crippen LogP contribution in [0.4, 0.5) is 0 Å². The first-order valence-electron chi connectivity index (χ1n) is 17.6. The zero-order valence-corrected chi connectivity index (χ0v) is 28.5. The molecule has 0 aromatic heterocycles. The lowest BCUT2D eigenvalue weighted by Gasteiger charge is -2.68. The molecule has 266 valence electrons. The molecular weight excluding hydrogens is 622 g/mol. The van der Waals surface area contributed by atoms with Crippen LogP contribution in [0, 0.1) is 29.1 Å². The smallest absolute Gasteiger partial charge is 0.338 e. The van der Waals surface area contributed by atoms with Gasteiger partial charge in [-0.15, -0.1) is 0 Å². The van der Waals surface area contributed by atoms with E-state index in [1.54, 1.807) is 13.0 Å². The Kier molecular flexibility index (Phi) is 6.94. The predicted octanol–water partition coefficient (Wildman–Crippen LogP) is 1.36. The summed E-state index contributed by atoms with van der Waals surface area (Å²) in [6.45, 7) is 6.57. The van der Waals surface area contributed by atoms with E-state index < -0.39 is 81.2 Å². The van der Waals surface area contributed by atoms with Gasteiger partial charge in [-0.2, -0.15) is 0 Å². The number of benzene rings is 1. The van der Waals surface area contributed by atoms with Gasteiger partial charge >= 0.3 is 5.97 Å². The molecule has 6 N–H and O–H groups in total. The molecule has 7 fully saturated rings. The lowest BCUT2D eigenvalue weighted by atomic mass is 9.49. The fourth-order valence-electron chi connectivity index (χ4n) is 12.6. The largest absolute Gasteiger partial charge is 0.497 e. The quantitative estimate of drug-likeness (QED) is 0.253. The van der Waals surface area contributed by atoms with Crippen LogP contribution in [0.25, 0.3) is 0 Å². The van der Waals surface area contributed by atoms with E-state index in [1.807, 2.05) is 6.92 Å². The van der Waals surface area contributed by atoms with E-state index in [0.717, 1.165) is 6.42 Å². The molecule has 3 aliphatic heterocycles. The number of methoxy groups -OCH3 is 2. The number of aliphatic hydroxyl groups is 6. The van der Waals surface area contributed by atoms with Crippen LogP contribution >= 0.6 is 0 Å². The summed E-state index contributed by atoms with van der Waals surface area (Å²) in [5.41, 5.74) is -9.49. The molecule has 12 nitrogen and oxygen atoms in total. The minimum absolute atomic E-state index is 0.103. The highest BCUT2D eigenvalue weighted by molar-refractivity contribution is 5.90. The molecule has 14 atom stereocenters. The predicted molar refractivity (Wildman–Crippen MR) is 169 cm³/mol. The van der Waals surface area contributed by atoms with Gasteiger partial charge in [0.05, 0.1) is 31.5 Å². The second-order valence-corrected chi connectivity index (χ2v) is 16.8. The number of esters is 1. The van der Waals surface area contributed by atoms with Crippen molar-refractivity contribution >= 4 is 5.97 Å². The number of hydrogen-bond donors (Lipinski definition) is 6. The maximum Gasteiger partial charge on any atom is 0.338 e. The highest BCUT2D eigenvalue weighted by Gasteiger charge is 2.88. The van der Waals surface area contributed by atoms with E-state index in [4.69, 9.17) is 18.9 Å². The molecular formula is C36H51NO11. The zero-order valence-electron chi connectivity index (χ0n) is 28.5. The maximum atomic E-state index is 13.5. The van der Waals surface area contributed by atoms with Crippen molar-refractivity contribution < 1.29 is 54.4 Å². The highest BCUT2D eigenvalue weighted by Crippen LogP contribution is 2.78. The van der Waals surface area contributed by atoms with E-state index in [9.17, 15) is 35.4 Å². The van der Waals surface area contributed by atoms with E-state index in [0.29, 0.717) is 56.1 Å². The number of hydrogen-bond acceptors (Lipinski definition) is 12. The van der Waals surface area contributed by atoms with Crippen LogP contribution in [0.3, 0.4) is 0 Å². The normalized spacial score (nSPS) is 53.6. The van der Waals surface area contributed by atoms with Gasteiger partial charge in [-0.3, -0.25) is 4.90 Å². The van der Waals surface area contributed by atoms with Crippen molar-refractivity contribution in [3.05, 3.63) is 23.8 Å². The standard InChI is InChI=1S/C36H51NO11/c1-19-6-9-26-31(3,40)35(43)25(17-37(26)16-19)33(42)18-34-24(32(33,41)15-27(35)38)8-7-23-30(34,2)11-10-28(36(23,44)48-34)47-29(39)20-12-21(45-4)14-22(13-20)46-5/h12-14,19,23-28,38,40-44H,6-11,15-18H2,1-5H3/t19-,23-,24-,25-,26-,27-,28-,30-,31+,32+,33+,34+,35-,36-/m0/s1. The summed E-state index contributed by atoms with van der Waals surface area (Å²) >= 11 is 0. The molecule has 4 bridgehead atoms. The van der Waals surface area contributed by atoms with Crippen LogP contribution in [-0.4, -0.2) is 121 Å². The van der Waals surface area contributed by atoms with Gasteiger partial charge < -0.3 is 49.6 Å². The lowest BCUT2D eigenvalue weighted by molar-refractivity contribution is -0.354. The van der Waals surface area contributed by atoms with Crippen LogP contribution in [0.5, 0.6) is 11.5 Å². The Morgan fingerprint density at radius 3 is 2.21 bits per heavy atom. The van der Waals surface area contributed by atoms with Gasteiger partial charge in [-0.25, -0.2) is 4.79 Å². The number of fused-ring (bicyclic) bond motifs is 5. The van der Waals surface area contributed by atoms with E-state index >= 15 is 0 Å². The Hall–Kier alpha value is -2.03. The van der Waals surface area contributed by atoms with Crippen LogP contribution in [0.15, 0.2) is 18.2 Å². The van der Waals surface area contributed by atoms with Crippen LogP contribution < -0.4 is 9.47 Å². The summed E-state index contributed by atoms with van der Waals surface area (Å²) in [6.07, 6.45) is 0.138. The molecule has 48 heavy (non-hydrogen) atoms. The molecule has 0 unspecified atom stereocenters. The van der Waals surface area contributed by atoms with Crippen LogP contribution in [0.1, 0.15) is 82.5 Å². The first-order valence-corrected chi connectivity index (χ1v) is 17.6. The van der Waals surface area contributed by atoms with Gasteiger partial charge in [0, 0.05) is 61.2 Å². The summed E-state index contributed by atoms with van der Waals surface area (Å²) in [4.78, 5) is 15.6. The molecule has 7 aliphatic rings. The van der Waals surface area contributed by atoms with Gasteiger partial charge in [0.2, 0.25) is 5.79 Å². The fraction of sp³-hybridized carbons (Fsp3) is 0.806. The number of carbonyl (C=O) groups excluding carboxylic acids is 1. The first kappa shape index (κ1) is 33.1. The minimum atomic E-state index is -2.10. The van der Waals surface area contributed by atoms with Gasteiger partial charge in [0.1, 0.15) is 33.9 Å². The summed E-state index contributed by atoms with van der Waals surface area (Å²) in [7, 11) is 2.97. The molecule has 3 saturated heterocycles. The number of piperidine rings is 2. The Morgan fingerprint density at radius 1 is 0.875 bits per heavy atom. The number of ether oxygens (including phenoxy) is 4. The molecule has 0 radical (unpaired) electrons. The molecule has 1 aromatic rings. The fourth-order valence-corrected chi connectivity index (χ4v) is 12.6. The third-order valence-corrected chi connectivity index (χ3v) is 14.9. The van der Waals surface area contributed by atoms with Crippen molar-refractivity contribution in [2.24, 2.45) is 29.1 Å². The lowest BCUT2D eigenvalue weighted by Crippen LogP contribution is -2.85. The maximum absolute atomic E-state index is 13.5. The third-order valence-electron chi connectivity index (χ3n) is 14.9. The second kappa shape index (κ2) is 10.1. The van der Waals surface area contributed by atoms with Crippen LogP contribution in [0.2, 0.25) is 0 Å². The van der Waals surface area contributed by atoms with Crippen molar-refractivity contribution in [1.82, 2.24) is 4.90 Å². The molecule has 0 amide bonds. The van der Waals surface area contributed by atoms with Crippen LogP contribution in [-0.2, 0) is 9.47 Å². The SMILES string of the molecule is COc1cc(OC)cc(C(=O)O[C@H]2CC[C@@]3(C)[C@@H]4CC[C@H]5[C@]6(O)C[C@H](O)[C@@]7(O)[C@@H](CN8C[C@@H](C)CC[C@H]8[C@@]7(C)O)[C@]6(O)C[C@@]53O[C@]24O)c1. The monoisotopic (exact) mass is 673 g/mol. The average Bonchev–Trinajstić information content (AvgIpc) is 3.21.